The van der Waals surface area contributed by atoms with Crippen LogP contribution in [0.4, 0.5) is 0 Å². The maximum absolute atomic E-state index is 11.9. The minimum Gasteiger partial charge on any atom is -0.335 e. The summed E-state index contributed by atoms with van der Waals surface area (Å²) < 4.78 is 0. The average Bonchev–Trinajstić information content (AvgIpc) is 2.74. The Bertz CT molecular complexity index is 361. The number of aromatic nitrogens is 2. The fraction of sp³-hybridized carbons (Fsp3) is 0.600. The van der Waals surface area contributed by atoms with Crippen molar-refractivity contribution in [3.05, 3.63) is 18.0 Å². The van der Waals surface area contributed by atoms with Gasteiger partial charge in [-0.2, -0.15) is 5.10 Å². The number of H-pyrrole nitrogens is 1. The minimum atomic E-state index is -0.0243. The number of nitrogens with zero attached hydrogens (tertiary/aromatic N) is 2. The summed E-state index contributed by atoms with van der Waals surface area (Å²) in [6.07, 6.45) is 1.58. The van der Waals surface area contributed by atoms with Crippen molar-refractivity contribution in [3.63, 3.8) is 0 Å². The fourth-order valence-corrected chi connectivity index (χ4v) is 2.03. The van der Waals surface area contributed by atoms with Crippen molar-refractivity contribution in [2.24, 2.45) is 5.41 Å². The van der Waals surface area contributed by atoms with Gasteiger partial charge in [0.05, 0.1) is 5.38 Å². The molecule has 2 rings (SSSR count). The molecular formula is C10H14ClN3O. The molecule has 0 spiro atoms. The second-order valence-corrected chi connectivity index (χ2v) is 5.14. The lowest BCUT2D eigenvalue weighted by Gasteiger charge is -2.20. The number of aromatic amines is 1. The van der Waals surface area contributed by atoms with Crippen LogP contribution in [0.1, 0.15) is 24.3 Å². The van der Waals surface area contributed by atoms with E-state index in [9.17, 15) is 4.79 Å². The lowest BCUT2D eigenvalue weighted by Crippen LogP contribution is -2.30. The lowest BCUT2D eigenvalue weighted by atomic mass is 9.92. The van der Waals surface area contributed by atoms with Crippen LogP contribution in [-0.4, -0.2) is 39.5 Å². The van der Waals surface area contributed by atoms with Crippen LogP contribution in [0.5, 0.6) is 0 Å². The Morgan fingerprint density at radius 3 is 2.93 bits per heavy atom. The van der Waals surface area contributed by atoms with Crippen molar-refractivity contribution in [2.45, 2.75) is 19.2 Å². The normalized spacial score (nSPS) is 24.5. The first-order valence-electron chi connectivity index (χ1n) is 4.93. The Labute approximate surface area is 93.6 Å². The smallest absolute Gasteiger partial charge is 0.271 e. The summed E-state index contributed by atoms with van der Waals surface area (Å²) in [6.45, 7) is 5.45. The summed E-state index contributed by atoms with van der Waals surface area (Å²) in [4.78, 5) is 13.7. The number of alkyl halides is 1. The van der Waals surface area contributed by atoms with E-state index in [0.717, 1.165) is 0 Å². The molecule has 1 aromatic rings. The highest BCUT2D eigenvalue weighted by Crippen LogP contribution is 2.34. The number of hydrogen-bond acceptors (Lipinski definition) is 2. The quantitative estimate of drug-likeness (QED) is 0.740. The topological polar surface area (TPSA) is 49.0 Å². The number of likely N-dealkylation sites (tertiary alicyclic amines) is 1. The zero-order valence-corrected chi connectivity index (χ0v) is 9.58. The number of amides is 1. The van der Waals surface area contributed by atoms with E-state index in [0.29, 0.717) is 18.8 Å². The molecule has 1 aliphatic heterocycles. The molecule has 1 atom stereocenters. The Morgan fingerprint density at radius 2 is 2.47 bits per heavy atom. The van der Waals surface area contributed by atoms with E-state index in [4.69, 9.17) is 11.6 Å². The predicted octanol–water partition coefficient (Wildman–Crippen LogP) is 1.50. The molecule has 15 heavy (non-hydrogen) atoms. The third kappa shape index (κ3) is 1.86. The van der Waals surface area contributed by atoms with Gasteiger partial charge >= 0.3 is 0 Å². The zero-order chi connectivity index (χ0) is 11.1. The molecule has 4 nitrogen and oxygen atoms in total. The van der Waals surface area contributed by atoms with Gasteiger partial charge in [-0.15, -0.1) is 11.6 Å². The van der Waals surface area contributed by atoms with Gasteiger partial charge in [-0.3, -0.25) is 9.89 Å². The fourth-order valence-electron chi connectivity index (χ4n) is 1.80. The molecule has 82 valence electrons. The van der Waals surface area contributed by atoms with E-state index in [2.05, 4.69) is 24.0 Å². The van der Waals surface area contributed by atoms with E-state index >= 15 is 0 Å². The SMILES string of the molecule is CC1(C)CN(C(=O)c2ccn[nH]2)CC1Cl. The van der Waals surface area contributed by atoms with Crippen molar-refractivity contribution in [1.29, 1.82) is 0 Å². The van der Waals surface area contributed by atoms with E-state index in [1.807, 2.05) is 0 Å². The standard InChI is InChI=1S/C10H14ClN3O/c1-10(2)6-14(5-8(10)11)9(15)7-3-4-12-13-7/h3-4,8H,5-6H2,1-2H3,(H,12,13). The summed E-state index contributed by atoms with van der Waals surface area (Å²) >= 11 is 6.18. The maximum Gasteiger partial charge on any atom is 0.271 e. The molecular weight excluding hydrogens is 214 g/mol. The van der Waals surface area contributed by atoms with Gasteiger partial charge in [-0.25, -0.2) is 0 Å². The van der Waals surface area contributed by atoms with Gasteiger partial charge in [0.1, 0.15) is 5.69 Å². The number of carbonyl (C=O) groups excluding carboxylic acids is 1. The van der Waals surface area contributed by atoms with Gasteiger partial charge in [0, 0.05) is 24.7 Å². The summed E-state index contributed by atoms with van der Waals surface area (Å²) in [5.74, 6) is -0.0243. The van der Waals surface area contributed by atoms with Gasteiger partial charge < -0.3 is 4.90 Å². The van der Waals surface area contributed by atoms with Crippen molar-refractivity contribution < 1.29 is 4.79 Å². The van der Waals surface area contributed by atoms with Crippen LogP contribution < -0.4 is 0 Å². The lowest BCUT2D eigenvalue weighted by molar-refractivity contribution is 0.0772. The average molecular weight is 228 g/mol. The predicted molar refractivity (Wildman–Crippen MR) is 57.9 cm³/mol. The van der Waals surface area contributed by atoms with Crippen molar-refractivity contribution in [1.82, 2.24) is 15.1 Å². The van der Waals surface area contributed by atoms with Crippen LogP contribution in [0.25, 0.3) is 0 Å². The van der Waals surface area contributed by atoms with E-state index in [-0.39, 0.29) is 16.7 Å². The summed E-state index contributed by atoms with van der Waals surface area (Å²) in [5.41, 5.74) is 0.508. The maximum atomic E-state index is 11.9. The van der Waals surface area contributed by atoms with Crippen molar-refractivity contribution in [3.8, 4) is 0 Å². The summed E-state index contributed by atoms with van der Waals surface area (Å²) in [7, 11) is 0. The molecule has 0 bridgehead atoms. The Morgan fingerprint density at radius 1 is 1.73 bits per heavy atom. The van der Waals surface area contributed by atoms with Crippen LogP contribution in [0.15, 0.2) is 12.3 Å². The Kier molecular flexibility index (Phi) is 2.46. The van der Waals surface area contributed by atoms with E-state index in [1.54, 1.807) is 17.2 Å². The van der Waals surface area contributed by atoms with Gasteiger partial charge in [-0.05, 0) is 6.07 Å². The second-order valence-electron chi connectivity index (χ2n) is 4.61. The molecule has 0 radical (unpaired) electrons. The molecule has 1 unspecified atom stereocenters. The highest BCUT2D eigenvalue weighted by molar-refractivity contribution is 6.21. The monoisotopic (exact) mass is 227 g/mol. The Hall–Kier alpha value is -1.03. The minimum absolute atomic E-state index is 0.0166. The summed E-state index contributed by atoms with van der Waals surface area (Å²) in [5, 5.41) is 6.45. The third-order valence-corrected chi connectivity index (χ3v) is 3.57. The number of halogens is 1. The third-order valence-electron chi connectivity index (χ3n) is 2.85. The zero-order valence-electron chi connectivity index (χ0n) is 8.83. The van der Waals surface area contributed by atoms with Crippen molar-refractivity contribution in [2.75, 3.05) is 13.1 Å². The van der Waals surface area contributed by atoms with E-state index < -0.39 is 0 Å². The van der Waals surface area contributed by atoms with Gasteiger partial charge in [0.25, 0.3) is 5.91 Å². The first kappa shape index (κ1) is 10.5. The van der Waals surface area contributed by atoms with Crippen LogP contribution in [0, 0.1) is 5.41 Å². The molecule has 0 saturated carbocycles. The van der Waals surface area contributed by atoms with Gasteiger partial charge in [0.15, 0.2) is 0 Å². The van der Waals surface area contributed by atoms with Crippen LogP contribution >= 0.6 is 11.6 Å². The highest BCUT2D eigenvalue weighted by atomic mass is 35.5. The largest absolute Gasteiger partial charge is 0.335 e. The van der Waals surface area contributed by atoms with Gasteiger partial charge in [0.2, 0.25) is 0 Å². The highest BCUT2D eigenvalue weighted by Gasteiger charge is 2.40. The first-order chi connectivity index (χ1) is 7.00. The van der Waals surface area contributed by atoms with Gasteiger partial charge in [-0.1, -0.05) is 13.8 Å². The molecule has 0 aromatic carbocycles. The number of nitrogens with one attached hydrogen (secondary N) is 1. The molecule has 1 saturated heterocycles. The number of hydrogen-bond donors (Lipinski definition) is 1. The Balaban J connectivity index is 2.12. The second kappa shape index (κ2) is 3.52. The van der Waals surface area contributed by atoms with Crippen LogP contribution in [-0.2, 0) is 0 Å². The van der Waals surface area contributed by atoms with E-state index in [1.165, 1.54) is 0 Å². The first-order valence-corrected chi connectivity index (χ1v) is 5.37. The number of rotatable bonds is 1. The van der Waals surface area contributed by atoms with Crippen LogP contribution in [0.3, 0.4) is 0 Å². The number of carbonyl (C=O) groups is 1. The van der Waals surface area contributed by atoms with Crippen LogP contribution in [0.2, 0.25) is 0 Å². The molecule has 5 heteroatoms. The molecule has 0 aliphatic carbocycles. The molecule has 1 aromatic heterocycles. The molecule has 1 amide bonds. The molecule has 2 heterocycles. The molecule has 1 fully saturated rings. The summed E-state index contributed by atoms with van der Waals surface area (Å²) in [6, 6.07) is 1.68. The molecule has 1 N–H and O–H groups in total. The molecule has 1 aliphatic rings. The van der Waals surface area contributed by atoms with Crippen molar-refractivity contribution >= 4 is 17.5 Å².